The van der Waals surface area contributed by atoms with Crippen LogP contribution < -0.4 is 10.2 Å². The fourth-order valence-electron chi connectivity index (χ4n) is 6.35. The third kappa shape index (κ3) is 3.77. The second-order valence-corrected chi connectivity index (χ2v) is 11.1. The lowest BCUT2D eigenvalue weighted by Crippen LogP contribution is -2.55. The number of thioether (sulfide) groups is 1. The van der Waals surface area contributed by atoms with Crippen molar-refractivity contribution in [2.24, 2.45) is 11.8 Å². The molecule has 3 aromatic rings. The van der Waals surface area contributed by atoms with E-state index in [0.29, 0.717) is 12.1 Å². The van der Waals surface area contributed by atoms with Crippen LogP contribution in [0.4, 0.5) is 10.1 Å². The van der Waals surface area contributed by atoms with E-state index in [4.69, 9.17) is 0 Å². The Balaban J connectivity index is 1.43. The van der Waals surface area contributed by atoms with Gasteiger partial charge in [0.15, 0.2) is 0 Å². The minimum Gasteiger partial charge on any atom is -0.306 e. The van der Waals surface area contributed by atoms with Gasteiger partial charge in [0.2, 0.25) is 11.8 Å². The Bertz CT molecular complexity index is 1400. The Labute approximate surface area is 225 Å². The first-order valence-electron chi connectivity index (χ1n) is 12.8. The van der Waals surface area contributed by atoms with E-state index >= 15 is 0 Å². The minimum atomic E-state index is -1.33. The molecule has 3 aliphatic heterocycles. The van der Waals surface area contributed by atoms with Crippen molar-refractivity contribution < 1.29 is 18.8 Å². The summed E-state index contributed by atoms with van der Waals surface area (Å²) in [4.78, 5) is 45.4. The molecule has 1 spiro atoms. The number of halogens is 1. The predicted molar refractivity (Wildman–Crippen MR) is 145 cm³/mol. The summed E-state index contributed by atoms with van der Waals surface area (Å²) >= 11 is 1.67. The molecular weight excluding hydrogens is 501 g/mol. The number of benzene rings is 3. The number of imide groups is 1. The number of likely N-dealkylation sites (tertiary alicyclic amines) is 1. The highest BCUT2D eigenvalue weighted by atomic mass is 32.2. The van der Waals surface area contributed by atoms with Crippen molar-refractivity contribution in [3.63, 3.8) is 0 Å². The molecule has 8 heteroatoms. The van der Waals surface area contributed by atoms with Gasteiger partial charge in [-0.15, -0.1) is 0 Å². The quantitative estimate of drug-likeness (QED) is 0.467. The highest BCUT2D eigenvalue weighted by Gasteiger charge is 2.71. The van der Waals surface area contributed by atoms with E-state index in [2.05, 4.69) is 5.32 Å². The zero-order chi connectivity index (χ0) is 26.4. The van der Waals surface area contributed by atoms with Crippen LogP contribution in [0, 0.1) is 17.7 Å². The second kappa shape index (κ2) is 9.67. The van der Waals surface area contributed by atoms with Crippen molar-refractivity contribution in [1.29, 1.82) is 0 Å². The smallest absolute Gasteiger partial charge is 0.253 e. The number of amides is 3. The van der Waals surface area contributed by atoms with Crippen molar-refractivity contribution in [2.75, 3.05) is 16.9 Å². The largest absolute Gasteiger partial charge is 0.306 e. The predicted octanol–water partition coefficient (Wildman–Crippen LogP) is 4.09. The second-order valence-electron chi connectivity index (χ2n) is 10.1. The first-order chi connectivity index (χ1) is 18.5. The molecule has 0 aliphatic carbocycles. The lowest BCUT2D eigenvalue weighted by atomic mass is 9.76. The molecule has 3 aliphatic rings. The lowest BCUT2D eigenvalue weighted by Gasteiger charge is -2.30. The number of carbonyl (C=O) groups excluding carboxylic acids is 3. The SMILES string of the molecule is CSCCC1NC2(C(=O)N(Cc3ccc(F)cc3)c3ccccc32)C2C(=O)N(Cc3ccccc3)C(=O)C12. The molecule has 0 bridgehead atoms. The number of anilines is 1. The Morgan fingerprint density at radius 2 is 1.50 bits per heavy atom. The molecule has 6 nitrogen and oxygen atoms in total. The molecule has 2 fully saturated rings. The van der Waals surface area contributed by atoms with Crippen LogP contribution in [-0.4, -0.2) is 40.7 Å². The van der Waals surface area contributed by atoms with Gasteiger partial charge >= 0.3 is 0 Å². The molecule has 1 N–H and O–H groups in total. The van der Waals surface area contributed by atoms with Crippen LogP contribution >= 0.6 is 11.8 Å². The number of hydrogen-bond donors (Lipinski definition) is 1. The van der Waals surface area contributed by atoms with E-state index in [0.717, 1.165) is 22.4 Å². The summed E-state index contributed by atoms with van der Waals surface area (Å²) in [6.45, 7) is 0.425. The molecule has 3 amide bonds. The van der Waals surface area contributed by atoms with Gasteiger partial charge in [0.1, 0.15) is 11.4 Å². The van der Waals surface area contributed by atoms with Crippen molar-refractivity contribution in [1.82, 2.24) is 10.2 Å². The lowest BCUT2D eigenvalue weighted by molar-refractivity contribution is -0.143. The van der Waals surface area contributed by atoms with Gasteiger partial charge < -0.3 is 4.90 Å². The Hall–Kier alpha value is -3.49. The summed E-state index contributed by atoms with van der Waals surface area (Å²) in [6.07, 6.45) is 2.67. The number of fused-ring (bicyclic) bond motifs is 4. The average molecular weight is 530 g/mol. The van der Waals surface area contributed by atoms with Gasteiger partial charge in [-0.25, -0.2) is 4.39 Å². The maximum absolute atomic E-state index is 14.4. The molecule has 0 saturated carbocycles. The fourth-order valence-corrected chi connectivity index (χ4v) is 6.84. The van der Waals surface area contributed by atoms with Gasteiger partial charge in [-0.2, -0.15) is 11.8 Å². The molecule has 0 aromatic heterocycles. The van der Waals surface area contributed by atoms with Crippen molar-refractivity contribution in [3.8, 4) is 0 Å². The molecule has 3 aromatic carbocycles. The minimum absolute atomic E-state index is 0.186. The van der Waals surface area contributed by atoms with Crippen molar-refractivity contribution in [3.05, 3.63) is 101 Å². The van der Waals surface area contributed by atoms with E-state index in [9.17, 15) is 18.8 Å². The molecule has 4 unspecified atom stereocenters. The van der Waals surface area contributed by atoms with Gasteiger partial charge in [0, 0.05) is 17.3 Å². The summed E-state index contributed by atoms with van der Waals surface area (Å²) < 4.78 is 13.6. The Morgan fingerprint density at radius 1 is 0.842 bits per heavy atom. The zero-order valence-corrected chi connectivity index (χ0v) is 21.8. The van der Waals surface area contributed by atoms with E-state index in [1.807, 2.05) is 60.9 Å². The maximum Gasteiger partial charge on any atom is 0.253 e. The van der Waals surface area contributed by atoms with Gasteiger partial charge in [-0.05, 0) is 47.8 Å². The highest BCUT2D eigenvalue weighted by molar-refractivity contribution is 7.98. The van der Waals surface area contributed by atoms with Gasteiger partial charge in [-0.1, -0.05) is 60.7 Å². The number of para-hydroxylation sites is 1. The number of nitrogens with zero attached hydrogens (tertiary/aromatic N) is 2. The summed E-state index contributed by atoms with van der Waals surface area (Å²) in [6, 6.07) is 22.7. The van der Waals surface area contributed by atoms with Gasteiger partial charge in [-0.3, -0.25) is 24.6 Å². The monoisotopic (exact) mass is 529 g/mol. The highest BCUT2D eigenvalue weighted by Crippen LogP contribution is 2.55. The topological polar surface area (TPSA) is 69.7 Å². The number of rotatable bonds is 7. The molecule has 3 heterocycles. The fraction of sp³-hybridized carbons (Fsp3) is 0.300. The maximum atomic E-state index is 14.4. The molecule has 194 valence electrons. The summed E-state index contributed by atoms with van der Waals surface area (Å²) in [7, 11) is 0. The Kier molecular flexibility index (Phi) is 6.32. The van der Waals surface area contributed by atoms with Crippen LogP contribution in [0.3, 0.4) is 0 Å². The van der Waals surface area contributed by atoms with Crippen LogP contribution in [0.25, 0.3) is 0 Å². The normalized spacial score (nSPS) is 25.9. The third-order valence-electron chi connectivity index (χ3n) is 8.03. The Morgan fingerprint density at radius 3 is 2.24 bits per heavy atom. The average Bonchev–Trinajstić information content (AvgIpc) is 3.49. The number of carbonyl (C=O) groups is 3. The molecule has 2 saturated heterocycles. The third-order valence-corrected chi connectivity index (χ3v) is 8.67. The summed E-state index contributed by atoms with van der Waals surface area (Å²) in [5, 5.41) is 3.55. The van der Waals surface area contributed by atoms with Gasteiger partial charge in [0.25, 0.3) is 5.91 Å². The standard InChI is InChI=1S/C30H28FN3O3S/c1-38-16-15-23-25-26(28(36)34(27(25)35)18-19-7-3-2-4-8-19)30(32-23)22-9-5-6-10-24(22)33(29(30)37)17-20-11-13-21(31)14-12-20/h2-14,23,25-26,32H,15-18H2,1H3. The number of hydrogen-bond acceptors (Lipinski definition) is 5. The first kappa shape index (κ1) is 24.8. The van der Waals surface area contributed by atoms with Crippen LogP contribution in [-0.2, 0) is 33.0 Å². The summed E-state index contributed by atoms with van der Waals surface area (Å²) in [5.41, 5.74) is 1.74. The molecule has 6 rings (SSSR count). The van der Waals surface area contributed by atoms with Gasteiger partial charge in [0.05, 0.1) is 24.9 Å². The summed E-state index contributed by atoms with van der Waals surface area (Å²) in [5.74, 6) is -1.78. The van der Waals surface area contributed by atoms with E-state index in [-0.39, 0.29) is 42.7 Å². The molecule has 0 radical (unpaired) electrons. The van der Waals surface area contributed by atoms with Crippen LogP contribution in [0.1, 0.15) is 23.1 Å². The molecule has 38 heavy (non-hydrogen) atoms. The molecular formula is C30H28FN3O3S. The molecule has 4 atom stereocenters. The van der Waals surface area contributed by atoms with E-state index < -0.39 is 17.4 Å². The van der Waals surface area contributed by atoms with Crippen LogP contribution in [0.15, 0.2) is 78.9 Å². The zero-order valence-electron chi connectivity index (χ0n) is 21.0. The number of nitrogens with one attached hydrogen (secondary N) is 1. The van der Waals surface area contributed by atoms with Crippen molar-refractivity contribution >= 4 is 35.2 Å². The van der Waals surface area contributed by atoms with E-state index in [1.165, 1.54) is 17.0 Å². The van der Waals surface area contributed by atoms with Crippen molar-refractivity contribution in [2.45, 2.75) is 31.1 Å². The van der Waals surface area contributed by atoms with Crippen LogP contribution in [0.2, 0.25) is 0 Å². The van der Waals surface area contributed by atoms with Crippen LogP contribution in [0.5, 0.6) is 0 Å². The van der Waals surface area contributed by atoms with E-state index in [1.54, 1.807) is 28.8 Å². The first-order valence-corrected chi connectivity index (χ1v) is 14.2.